The van der Waals surface area contributed by atoms with Gasteiger partial charge in [-0.1, -0.05) is 33.1 Å². The van der Waals surface area contributed by atoms with Gasteiger partial charge in [-0.25, -0.2) is 4.79 Å². The zero-order chi connectivity index (χ0) is 10.8. The van der Waals surface area contributed by atoms with Crippen LogP contribution < -0.4 is 0 Å². The summed E-state index contributed by atoms with van der Waals surface area (Å²) in [6.07, 6.45) is 4.26. The molecule has 0 bridgehead atoms. The maximum Gasteiger partial charge on any atom is 0.335 e. The summed E-state index contributed by atoms with van der Waals surface area (Å²) in [6.45, 7) is 3.82. The molecule has 1 rings (SSSR count). The van der Waals surface area contributed by atoms with E-state index in [2.05, 4.69) is 6.92 Å². The molecule has 0 aromatic carbocycles. The number of carbonyl (C=O) groups is 1. The van der Waals surface area contributed by atoms with Gasteiger partial charge in [0.2, 0.25) is 0 Å². The molecule has 3 nitrogen and oxygen atoms in total. The quantitative estimate of drug-likeness (QED) is 0.730. The van der Waals surface area contributed by atoms with E-state index in [4.69, 9.17) is 5.11 Å². The van der Waals surface area contributed by atoms with Crippen molar-refractivity contribution in [3.8, 4) is 0 Å². The first-order valence-electron chi connectivity index (χ1n) is 5.52. The average molecular weight is 200 g/mol. The Labute approximate surface area is 85.1 Å². The fourth-order valence-electron chi connectivity index (χ4n) is 2.73. The Morgan fingerprint density at radius 1 is 1.43 bits per heavy atom. The first-order valence-corrected chi connectivity index (χ1v) is 5.52. The van der Waals surface area contributed by atoms with Crippen molar-refractivity contribution in [2.45, 2.75) is 51.6 Å². The number of carboxylic acids is 1. The monoisotopic (exact) mass is 200 g/mol. The molecule has 14 heavy (non-hydrogen) atoms. The van der Waals surface area contributed by atoms with E-state index in [9.17, 15) is 9.90 Å². The van der Waals surface area contributed by atoms with Gasteiger partial charge >= 0.3 is 5.97 Å². The number of aliphatic carboxylic acids is 1. The fourth-order valence-corrected chi connectivity index (χ4v) is 2.73. The summed E-state index contributed by atoms with van der Waals surface area (Å²) in [5, 5.41) is 19.2. The highest BCUT2D eigenvalue weighted by molar-refractivity contribution is 5.77. The third kappa shape index (κ3) is 1.78. The maximum atomic E-state index is 11.1. The van der Waals surface area contributed by atoms with Crippen molar-refractivity contribution in [2.24, 2.45) is 11.8 Å². The summed E-state index contributed by atoms with van der Waals surface area (Å²) < 4.78 is 0. The fraction of sp³-hybridized carbons (Fsp3) is 0.909. The molecule has 0 heterocycles. The molecule has 3 unspecified atom stereocenters. The molecule has 3 heteroatoms. The van der Waals surface area contributed by atoms with Crippen molar-refractivity contribution in [1.82, 2.24) is 0 Å². The molecular formula is C11H20O3. The Morgan fingerprint density at radius 3 is 2.50 bits per heavy atom. The Hall–Kier alpha value is -0.570. The number of carboxylic acid groups (broad SMARTS) is 1. The first-order chi connectivity index (χ1) is 6.56. The minimum Gasteiger partial charge on any atom is -0.479 e. The number of aliphatic hydroxyl groups is 1. The van der Waals surface area contributed by atoms with Crippen molar-refractivity contribution in [3.05, 3.63) is 0 Å². The van der Waals surface area contributed by atoms with Gasteiger partial charge in [-0.2, -0.15) is 0 Å². The number of rotatable bonds is 4. The lowest BCUT2D eigenvalue weighted by molar-refractivity contribution is -0.167. The highest BCUT2D eigenvalue weighted by Crippen LogP contribution is 2.42. The zero-order valence-corrected chi connectivity index (χ0v) is 8.99. The highest BCUT2D eigenvalue weighted by Gasteiger charge is 2.47. The summed E-state index contributed by atoms with van der Waals surface area (Å²) in [6, 6.07) is 0. The number of hydrogen-bond donors (Lipinski definition) is 2. The molecule has 82 valence electrons. The lowest BCUT2D eigenvalue weighted by Gasteiger charge is -2.32. The summed E-state index contributed by atoms with van der Waals surface area (Å²) in [5.41, 5.74) is -1.49. The second kappa shape index (κ2) is 4.30. The molecular weight excluding hydrogens is 180 g/mol. The molecule has 1 saturated carbocycles. The SMILES string of the molecule is CCC1CCCC1C(O)(CC)C(=O)O. The largest absolute Gasteiger partial charge is 0.479 e. The molecule has 0 saturated heterocycles. The van der Waals surface area contributed by atoms with Gasteiger partial charge in [0.25, 0.3) is 0 Å². The maximum absolute atomic E-state index is 11.1. The van der Waals surface area contributed by atoms with Crippen LogP contribution in [0.2, 0.25) is 0 Å². The first kappa shape index (κ1) is 11.5. The molecule has 3 atom stereocenters. The Balaban J connectivity index is 2.83. The van der Waals surface area contributed by atoms with Crippen molar-refractivity contribution in [2.75, 3.05) is 0 Å². The Kier molecular flexibility index (Phi) is 3.53. The van der Waals surface area contributed by atoms with E-state index in [0.717, 1.165) is 25.7 Å². The predicted molar refractivity (Wildman–Crippen MR) is 54.0 cm³/mol. The summed E-state index contributed by atoms with van der Waals surface area (Å²) in [7, 11) is 0. The molecule has 0 aliphatic heterocycles. The molecule has 0 spiro atoms. The van der Waals surface area contributed by atoms with E-state index in [1.54, 1.807) is 6.92 Å². The summed E-state index contributed by atoms with van der Waals surface area (Å²) in [5.74, 6) is -0.712. The van der Waals surface area contributed by atoms with Crippen molar-refractivity contribution in [3.63, 3.8) is 0 Å². The minimum atomic E-state index is -1.49. The van der Waals surface area contributed by atoms with Crippen molar-refractivity contribution >= 4 is 5.97 Å². The average Bonchev–Trinajstić information content (AvgIpc) is 2.64. The summed E-state index contributed by atoms with van der Waals surface area (Å²) >= 11 is 0. The van der Waals surface area contributed by atoms with Gasteiger partial charge in [0.05, 0.1) is 0 Å². The second-order valence-corrected chi connectivity index (χ2v) is 4.29. The van der Waals surface area contributed by atoms with Gasteiger partial charge in [-0.15, -0.1) is 0 Å². The Morgan fingerprint density at radius 2 is 2.07 bits per heavy atom. The molecule has 0 aromatic heterocycles. The van der Waals surface area contributed by atoms with Crippen LogP contribution in [0.4, 0.5) is 0 Å². The second-order valence-electron chi connectivity index (χ2n) is 4.29. The van der Waals surface area contributed by atoms with Crippen LogP contribution in [0.3, 0.4) is 0 Å². The van der Waals surface area contributed by atoms with Crippen LogP contribution in [-0.2, 0) is 4.79 Å². The standard InChI is InChI=1S/C11H20O3/c1-3-8-6-5-7-9(8)11(14,4-2)10(12)13/h8-9,14H,3-7H2,1-2H3,(H,12,13). The zero-order valence-electron chi connectivity index (χ0n) is 8.99. The smallest absolute Gasteiger partial charge is 0.335 e. The highest BCUT2D eigenvalue weighted by atomic mass is 16.4. The molecule has 0 amide bonds. The van der Waals surface area contributed by atoms with Gasteiger partial charge in [0.15, 0.2) is 5.60 Å². The van der Waals surface area contributed by atoms with Gasteiger partial charge in [0, 0.05) is 5.92 Å². The van der Waals surface area contributed by atoms with Crippen molar-refractivity contribution in [1.29, 1.82) is 0 Å². The minimum absolute atomic E-state index is 0.0463. The van der Waals surface area contributed by atoms with Crippen LogP contribution >= 0.6 is 0 Å². The van der Waals surface area contributed by atoms with Crippen molar-refractivity contribution < 1.29 is 15.0 Å². The predicted octanol–water partition coefficient (Wildman–Crippen LogP) is 2.04. The normalized spacial score (nSPS) is 31.4. The van der Waals surface area contributed by atoms with Crippen LogP contribution in [0.25, 0.3) is 0 Å². The van der Waals surface area contributed by atoms with E-state index in [-0.39, 0.29) is 5.92 Å². The molecule has 0 radical (unpaired) electrons. The molecule has 1 aliphatic carbocycles. The van der Waals surface area contributed by atoms with Crippen LogP contribution in [0.5, 0.6) is 0 Å². The van der Waals surface area contributed by atoms with Gasteiger partial charge < -0.3 is 10.2 Å². The topological polar surface area (TPSA) is 57.5 Å². The van der Waals surface area contributed by atoms with E-state index in [1.807, 2.05) is 0 Å². The third-order valence-corrected chi connectivity index (χ3v) is 3.71. The molecule has 1 aliphatic rings. The van der Waals surface area contributed by atoms with Gasteiger partial charge in [0.1, 0.15) is 0 Å². The Bertz CT molecular complexity index is 215. The summed E-state index contributed by atoms with van der Waals surface area (Å²) in [4.78, 5) is 11.1. The lowest BCUT2D eigenvalue weighted by atomic mass is 9.77. The number of hydrogen-bond acceptors (Lipinski definition) is 2. The van der Waals surface area contributed by atoms with Gasteiger partial charge in [-0.05, 0) is 18.8 Å². The van der Waals surface area contributed by atoms with Crippen LogP contribution in [0.1, 0.15) is 46.0 Å². The lowest BCUT2D eigenvalue weighted by Crippen LogP contribution is -2.46. The van der Waals surface area contributed by atoms with E-state index in [0.29, 0.717) is 12.3 Å². The molecule has 0 aromatic rings. The van der Waals surface area contributed by atoms with E-state index in [1.165, 1.54) is 0 Å². The molecule has 2 N–H and O–H groups in total. The van der Waals surface area contributed by atoms with Crippen LogP contribution in [0.15, 0.2) is 0 Å². The van der Waals surface area contributed by atoms with Crippen LogP contribution in [0, 0.1) is 11.8 Å². The third-order valence-electron chi connectivity index (χ3n) is 3.71. The van der Waals surface area contributed by atoms with Gasteiger partial charge in [-0.3, -0.25) is 0 Å². The van der Waals surface area contributed by atoms with E-state index >= 15 is 0 Å². The van der Waals surface area contributed by atoms with Crippen LogP contribution in [-0.4, -0.2) is 21.8 Å². The van der Waals surface area contributed by atoms with E-state index < -0.39 is 11.6 Å². The molecule has 1 fully saturated rings.